The van der Waals surface area contributed by atoms with E-state index in [1.807, 2.05) is 0 Å². The minimum absolute atomic E-state index is 0.0892. The van der Waals surface area contributed by atoms with Crippen LogP contribution in [0.15, 0.2) is 48.5 Å². The van der Waals surface area contributed by atoms with Crippen molar-refractivity contribution < 1.29 is 33.7 Å². The van der Waals surface area contributed by atoms with Crippen molar-refractivity contribution in [1.29, 1.82) is 0 Å². The first-order chi connectivity index (χ1) is 15.2. The van der Waals surface area contributed by atoms with Crippen molar-refractivity contribution in [3.63, 3.8) is 0 Å². The van der Waals surface area contributed by atoms with Crippen LogP contribution < -0.4 is 5.32 Å². The van der Waals surface area contributed by atoms with Crippen LogP contribution in [0.3, 0.4) is 0 Å². The standard InChI is InChI=1S/C20H19N3O9/c1-31-17(24)11-16(12-6-8-14(9-7-12)22(27)28)18(20(26)32-2)21-19(25)13-4-3-5-15(10-13)23(29)30/h3-10,16,18H,11H2,1-2H3,(H,21,25)/t16-,18-/m0/s1. The predicted octanol–water partition coefficient (Wildman–Crippen LogP) is 2.12. The Hall–Kier alpha value is -4.35. The number of hydrogen-bond donors (Lipinski definition) is 1. The van der Waals surface area contributed by atoms with Crippen LogP contribution in [0.4, 0.5) is 11.4 Å². The number of esters is 2. The van der Waals surface area contributed by atoms with Crippen molar-refractivity contribution in [1.82, 2.24) is 5.32 Å². The summed E-state index contributed by atoms with van der Waals surface area (Å²) < 4.78 is 9.44. The van der Waals surface area contributed by atoms with E-state index in [1.54, 1.807) is 0 Å². The van der Waals surface area contributed by atoms with Crippen molar-refractivity contribution >= 4 is 29.2 Å². The van der Waals surface area contributed by atoms with Crippen molar-refractivity contribution in [2.75, 3.05) is 14.2 Å². The number of amides is 1. The summed E-state index contributed by atoms with van der Waals surface area (Å²) in [7, 11) is 2.23. The van der Waals surface area contributed by atoms with Crippen LogP contribution in [0.5, 0.6) is 0 Å². The molecular formula is C20H19N3O9. The minimum Gasteiger partial charge on any atom is -0.469 e. The van der Waals surface area contributed by atoms with Gasteiger partial charge in [0.2, 0.25) is 0 Å². The third-order valence-electron chi connectivity index (χ3n) is 4.61. The van der Waals surface area contributed by atoms with Crippen LogP contribution in [-0.2, 0) is 19.1 Å². The molecule has 2 aromatic carbocycles. The third-order valence-corrected chi connectivity index (χ3v) is 4.61. The molecule has 0 saturated carbocycles. The topological polar surface area (TPSA) is 168 Å². The maximum absolute atomic E-state index is 12.7. The number of rotatable bonds is 9. The van der Waals surface area contributed by atoms with Gasteiger partial charge in [-0.05, 0) is 11.6 Å². The zero-order valence-electron chi connectivity index (χ0n) is 17.0. The largest absolute Gasteiger partial charge is 0.469 e. The molecule has 2 rings (SSSR count). The molecule has 2 aromatic rings. The molecule has 168 valence electrons. The Morgan fingerprint density at radius 3 is 2.09 bits per heavy atom. The average Bonchev–Trinajstić information content (AvgIpc) is 2.80. The average molecular weight is 445 g/mol. The molecule has 12 nitrogen and oxygen atoms in total. The molecule has 1 amide bonds. The Kier molecular flexibility index (Phi) is 7.93. The molecule has 0 fully saturated rings. The maximum atomic E-state index is 12.7. The number of methoxy groups -OCH3 is 2. The van der Waals surface area contributed by atoms with Gasteiger partial charge >= 0.3 is 11.9 Å². The number of nitrogens with zero attached hydrogens (tertiary/aromatic N) is 2. The molecule has 0 aliphatic rings. The lowest BCUT2D eigenvalue weighted by Crippen LogP contribution is -2.46. The number of nitro groups is 2. The predicted molar refractivity (Wildman–Crippen MR) is 109 cm³/mol. The second kappa shape index (κ2) is 10.6. The zero-order chi connectivity index (χ0) is 23.8. The zero-order valence-corrected chi connectivity index (χ0v) is 17.0. The number of carbonyl (C=O) groups excluding carboxylic acids is 3. The summed E-state index contributed by atoms with van der Waals surface area (Å²) in [5.74, 6) is -3.41. The Bertz CT molecular complexity index is 1040. The van der Waals surface area contributed by atoms with Gasteiger partial charge in [-0.15, -0.1) is 0 Å². The molecule has 0 radical (unpaired) electrons. The van der Waals surface area contributed by atoms with E-state index in [0.717, 1.165) is 20.3 Å². The third kappa shape index (κ3) is 5.84. The highest BCUT2D eigenvalue weighted by atomic mass is 16.6. The molecule has 0 spiro atoms. The Labute approximate surface area is 181 Å². The highest BCUT2D eigenvalue weighted by Gasteiger charge is 2.34. The van der Waals surface area contributed by atoms with Crippen LogP contribution >= 0.6 is 0 Å². The molecule has 0 saturated heterocycles. The van der Waals surface area contributed by atoms with E-state index in [2.05, 4.69) is 10.1 Å². The van der Waals surface area contributed by atoms with Gasteiger partial charge in [-0.1, -0.05) is 18.2 Å². The molecule has 0 aliphatic carbocycles. The lowest BCUT2D eigenvalue weighted by Gasteiger charge is -2.26. The van der Waals surface area contributed by atoms with E-state index in [4.69, 9.17) is 4.74 Å². The molecular weight excluding hydrogens is 426 g/mol. The summed E-state index contributed by atoms with van der Waals surface area (Å²) in [6.07, 6.45) is -0.358. The summed E-state index contributed by atoms with van der Waals surface area (Å²) in [6.45, 7) is 0. The fourth-order valence-corrected chi connectivity index (χ4v) is 2.97. The summed E-state index contributed by atoms with van der Waals surface area (Å²) in [5.41, 5.74) is -0.293. The van der Waals surface area contributed by atoms with Gasteiger partial charge in [0, 0.05) is 35.7 Å². The van der Waals surface area contributed by atoms with E-state index < -0.39 is 39.7 Å². The molecule has 0 aromatic heterocycles. The van der Waals surface area contributed by atoms with Crippen LogP contribution in [0, 0.1) is 20.2 Å². The Morgan fingerprint density at radius 1 is 0.938 bits per heavy atom. The summed E-state index contributed by atoms with van der Waals surface area (Å²) >= 11 is 0. The van der Waals surface area contributed by atoms with Gasteiger partial charge in [-0.25, -0.2) is 4.79 Å². The van der Waals surface area contributed by atoms with Gasteiger partial charge in [-0.2, -0.15) is 0 Å². The van der Waals surface area contributed by atoms with E-state index in [1.165, 1.54) is 42.5 Å². The molecule has 12 heteroatoms. The van der Waals surface area contributed by atoms with Crippen molar-refractivity contribution in [3.8, 4) is 0 Å². The first-order valence-electron chi connectivity index (χ1n) is 9.12. The summed E-state index contributed by atoms with van der Waals surface area (Å²) in [4.78, 5) is 57.9. The normalized spacial score (nSPS) is 12.2. The number of nitrogens with one attached hydrogen (secondary N) is 1. The highest BCUT2D eigenvalue weighted by Crippen LogP contribution is 2.27. The van der Waals surface area contributed by atoms with Crippen molar-refractivity contribution in [2.24, 2.45) is 0 Å². The second-order valence-electron chi connectivity index (χ2n) is 6.52. The molecule has 32 heavy (non-hydrogen) atoms. The SMILES string of the molecule is COC(=O)C[C@@H](c1ccc([N+](=O)[O-])cc1)[C@H](NC(=O)c1cccc([N+](=O)[O-])c1)C(=O)OC. The molecule has 1 N–H and O–H groups in total. The Morgan fingerprint density at radius 2 is 1.56 bits per heavy atom. The number of non-ortho nitro benzene ring substituents is 2. The minimum atomic E-state index is -1.40. The van der Waals surface area contributed by atoms with Gasteiger partial charge in [0.15, 0.2) is 0 Å². The van der Waals surface area contributed by atoms with Gasteiger partial charge in [0.25, 0.3) is 17.3 Å². The van der Waals surface area contributed by atoms with Crippen LogP contribution in [-0.4, -0.2) is 48.0 Å². The van der Waals surface area contributed by atoms with Crippen LogP contribution in [0.2, 0.25) is 0 Å². The van der Waals surface area contributed by atoms with E-state index in [0.29, 0.717) is 5.56 Å². The molecule has 0 bridgehead atoms. The van der Waals surface area contributed by atoms with Gasteiger partial charge in [-0.3, -0.25) is 29.8 Å². The summed E-state index contributed by atoms with van der Waals surface area (Å²) in [5, 5.41) is 24.3. The number of hydrogen-bond acceptors (Lipinski definition) is 9. The smallest absolute Gasteiger partial charge is 0.329 e. The van der Waals surface area contributed by atoms with E-state index in [9.17, 15) is 34.6 Å². The molecule has 0 unspecified atom stereocenters. The van der Waals surface area contributed by atoms with Crippen LogP contribution in [0.1, 0.15) is 28.3 Å². The van der Waals surface area contributed by atoms with Crippen LogP contribution in [0.25, 0.3) is 0 Å². The highest BCUT2D eigenvalue weighted by molar-refractivity contribution is 5.97. The molecule has 2 atom stereocenters. The van der Waals surface area contributed by atoms with Gasteiger partial charge in [0.05, 0.1) is 30.5 Å². The number of carbonyl (C=O) groups is 3. The number of benzene rings is 2. The molecule has 0 aliphatic heterocycles. The second-order valence-corrected chi connectivity index (χ2v) is 6.52. The summed E-state index contributed by atoms with van der Waals surface area (Å²) in [6, 6.07) is 8.54. The van der Waals surface area contributed by atoms with Crippen molar-refractivity contribution in [3.05, 3.63) is 79.9 Å². The lowest BCUT2D eigenvalue weighted by atomic mass is 9.88. The van der Waals surface area contributed by atoms with Crippen molar-refractivity contribution in [2.45, 2.75) is 18.4 Å². The van der Waals surface area contributed by atoms with E-state index in [-0.39, 0.29) is 23.4 Å². The number of ether oxygens (including phenoxy) is 2. The van der Waals surface area contributed by atoms with Gasteiger partial charge < -0.3 is 14.8 Å². The van der Waals surface area contributed by atoms with Gasteiger partial charge in [0.1, 0.15) is 6.04 Å². The first-order valence-corrected chi connectivity index (χ1v) is 9.12. The van der Waals surface area contributed by atoms with E-state index >= 15 is 0 Å². The number of nitro benzene ring substituents is 2. The monoisotopic (exact) mass is 445 g/mol. The fraction of sp³-hybridized carbons (Fsp3) is 0.250. The Balaban J connectivity index is 2.44. The maximum Gasteiger partial charge on any atom is 0.329 e. The molecule has 0 heterocycles. The quantitative estimate of drug-likeness (QED) is 0.345. The fourth-order valence-electron chi connectivity index (χ4n) is 2.97. The first kappa shape index (κ1) is 23.9. The lowest BCUT2D eigenvalue weighted by molar-refractivity contribution is -0.385.